The lowest BCUT2D eigenvalue weighted by molar-refractivity contribution is -0.154. The molecule has 12 heteroatoms. The van der Waals surface area contributed by atoms with Crippen LogP contribution in [-0.2, 0) is 28.6 Å². The minimum Gasteiger partial charge on any atom is -0.464 e. The summed E-state index contributed by atoms with van der Waals surface area (Å²) >= 11 is 0. The van der Waals surface area contributed by atoms with Gasteiger partial charge in [-0.15, -0.1) is 0 Å². The number of aliphatic imine (C=N–C) groups is 1. The molecule has 34 heavy (non-hydrogen) atoms. The molecule has 1 fully saturated rings. The van der Waals surface area contributed by atoms with Crippen molar-refractivity contribution in [3.05, 3.63) is 0 Å². The Kier molecular flexibility index (Phi) is 9.59. The number of amides is 3. The second-order valence-electron chi connectivity index (χ2n) is 9.96. The Bertz CT molecular complexity index is 796. The van der Waals surface area contributed by atoms with Gasteiger partial charge in [0.2, 0.25) is 12.4 Å². The minimum absolute atomic E-state index is 0.0367. The van der Waals surface area contributed by atoms with Gasteiger partial charge in [0.1, 0.15) is 22.5 Å². The average molecular weight is 485 g/mol. The van der Waals surface area contributed by atoms with Crippen LogP contribution in [0.15, 0.2) is 4.99 Å². The first kappa shape index (κ1) is 28.9. The number of rotatable bonds is 6. The van der Waals surface area contributed by atoms with Gasteiger partial charge in [0.15, 0.2) is 6.04 Å². The fraction of sp³-hybridized carbons (Fsp3) is 0.727. The van der Waals surface area contributed by atoms with E-state index in [-0.39, 0.29) is 31.7 Å². The zero-order valence-electron chi connectivity index (χ0n) is 21.1. The number of guanidine groups is 1. The molecule has 3 amide bonds. The lowest BCUT2D eigenvalue weighted by Crippen LogP contribution is -2.56. The molecule has 0 radical (unpaired) electrons. The van der Waals surface area contributed by atoms with E-state index in [4.69, 9.17) is 14.2 Å². The molecule has 0 spiro atoms. The van der Waals surface area contributed by atoms with Gasteiger partial charge in [-0.1, -0.05) is 0 Å². The number of Topliss-reactive ketones (excluding diaryl/α,β-unsaturated/α-hetero) is 1. The molecule has 2 atom stereocenters. The molecule has 0 aromatic rings. The molecule has 0 aromatic heterocycles. The smallest absolute Gasteiger partial charge is 0.414 e. The second kappa shape index (κ2) is 11.3. The van der Waals surface area contributed by atoms with Crippen LogP contribution in [-0.4, -0.2) is 77.6 Å². The molecule has 1 aliphatic rings. The summed E-state index contributed by atoms with van der Waals surface area (Å²) in [5.74, 6) is -1.37. The minimum atomic E-state index is -1.50. The maximum Gasteiger partial charge on any atom is 0.414 e. The number of hydrogen-bond donors (Lipinski definition) is 2. The normalized spacial score (nSPS) is 18.9. The number of esters is 1. The lowest BCUT2D eigenvalue weighted by atomic mass is 9.87. The van der Waals surface area contributed by atoms with E-state index < -0.39 is 46.9 Å². The first-order valence-electron chi connectivity index (χ1n) is 11.0. The van der Waals surface area contributed by atoms with Gasteiger partial charge in [0, 0.05) is 19.9 Å². The van der Waals surface area contributed by atoms with Crippen LogP contribution in [0.3, 0.4) is 0 Å². The molecule has 0 unspecified atom stereocenters. The molecule has 192 valence electrons. The van der Waals surface area contributed by atoms with E-state index in [1.54, 1.807) is 48.5 Å². The maximum atomic E-state index is 12.8. The summed E-state index contributed by atoms with van der Waals surface area (Å²) in [5.41, 5.74) is -3.21. The number of alkyl carbamates (subject to hydrolysis) is 2. The third-order valence-corrected chi connectivity index (χ3v) is 4.51. The zero-order chi connectivity index (χ0) is 26.3. The molecule has 1 aliphatic carbocycles. The average Bonchev–Trinajstić information content (AvgIpc) is 2.99. The Hall–Kier alpha value is -3.18. The van der Waals surface area contributed by atoms with Crippen LogP contribution >= 0.6 is 0 Å². The summed E-state index contributed by atoms with van der Waals surface area (Å²) < 4.78 is 15.6. The number of carbonyl (C=O) groups is 5. The van der Waals surface area contributed by atoms with Crippen molar-refractivity contribution in [1.29, 1.82) is 0 Å². The van der Waals surface area contributed by atoms with E-state index in [2.05, 4.69) is 15.6 Å². The van der Waals surface area contributed by atoms with Crippen LogP contribution in [0.4, 0.5) is 9.59 Å². The Labute approximate surface area is 199 Å². The number of likely N-dealkylation sites (N-methyl/N-ethyl adjacent to an activating group) is 1. The van der Waals surface area contributed by atoms with Gasteiger partial charge >= 0.3 is 18.2 Å². The van der Waals surface area contributed by atoms with Gasteiger partial charge in [-0.05, 0) is 54.9 Å². The quantitative estimate of drug-likeness (QED) is 0.191. The highest BCUT2D eigenvalue weighted by atomic mass is 16.6. The first-order valence-corrected chi connectivity index (χ1v) is 11.0. The molecule has 2 N–H and O–H groups in total. The zero-order valence-corrected chi connectivity index (χ0v) is 21.1. The van der Waals surface area contributed by atoms with E-state index in [0.717, 1.165) is 4.90 Å². The number of ether oxygens (including phenoxy) is 3. The predicted octanol–water partition coefficient (Wildman–Crippen LogP) is 1.90. The van der Waals surface area contributed by atoms with E-state index in [1.807, 2.05) is 0 Å². The molecular formula is C22H36N4O8. The molecule has 1 rings (SSSR count). The topological polar surface area (TPSA) is 153 Å². The SMILES string of the molecule is CCOC(=O)[C@H](N(C)C=O)[C@]1(N=C(NC(=O)OC(C)(C)C)NC(=O)OC(C)(C)C)CCC(=O)C1. The van der Waals surface area contributed by atoms with Gasteiger partial charge in [-0.3, -0.25) is 20.2 Å². The van der Waals surface area contributed by atoms with Crippen molar-refractivity contribution >= 4 is 36.3 Å². The van der Waals surface area contributed by atoms with E-state index in [9.17, 15) is 24.0 Å². The summed E-state index contributed by atoms with van der Waals surface area (Å²) in [6, 6.07) is -1.28. The summed E-state index contributed by atoms with van der Waals surface area (Å²) in [7, 11) is 1.36. The largest absolute Gasteiger partial charge is 0.464 e. The lowest BCUT2D eigenvalue weighted by Gasteiger charge is -2.36. The van der Waals surface area contributed by atoms with Crippen molar-refractivity contribution in [2.24, 2.45) is 4.99 Å². The van der Waals surface area contributed by atoms with Gasteiger partial charge in [0.25, 0.3) is 0 Å². The first-order chi connectivity index (χ1) is 15.5. The van der Waals surface area contributed by atoms with E-state index in [0.29, 0.717) is 6.41 Å². The molecular weight excluding hydrogens is 448 g/mol. The number of nitrogens with zero attached hydrogens (tertiary/aromatic N) is 2. The highest BCUT2D eigenvalue weighted by Crippen LogP contribution is 2.37. The van der Waals surface area contributed by atoms with Crippen molar-refractivity contribution in [2.75, 3.05) is 13.7 Å². The Balaban J connectivity index is 3.52. The number of carbonyl (C=O) groups excluding carboxylic acids is 5. The highest BCUT2D eigenvalue weighted by Gasteiger charge is 2.51. The predicted molar refractivity (Wildman–Crippen MR) is 122 cm³/mol. The fourth-order valence-electron chi connectivity index (χ4n) is 3.42. The molecule has 1 saturated carbocycles. The third kappa shape index (κ3) is 8.99. The summed E-state index contributed by atoms with van der Waals surface area (Å²) in [5, 5.41) is 4.69. The van der Waals surface area contributed by atoms with Crippen LogP contribution in [0.5, 0.6) is 0 Å². The van der Waals surface area contributed by atoms with Crippen molar-refractivity contribution < 1.29 is 38.2 Å². The Morgan fingerprint density at radius 1 is 1.09 bits per heavy atom. The molecule has 0 bridgehead atoms. The standard InChI is InChI=1S/C22H36N4O8/c1-9-32-16(29)15(26(8)13-27)22(11-10-14(28)12-22)25-17(23-18(30)33-20(2,3)4)24-19(31)34-21(5,6)7/h13,15H,9-12H2,1-8H3,(H2,23,24,25,30,31)/t15-,22-/m0/s1. The van der Waals surface area contributed by atoms with E-state index in [1.165, 1.54) is 7.05 Å². The molecule has 0 heterocycles. The van der Waals surface area contributed by atoms with Gasteiger partial charge in [-0.25, -0.2) is 19.4 Å². The monoisotopic (exact) mass is 484 g/mol. The summed E-state index contributed by atoms with van der Waals surface area (Å²) in [6.07, 6.45) is -1.51. The van der Waals surface area contributed by atoms with Crippen LogP contribution in [0.25, 0.3) is 0 Å². The molecule has 0 aliphatic heterocycles. The van der Waals surface area contributed by atoms with Crippen molar-refractivity contribution in [2.45, 2.75) is 90.5 Å². The number of ketones is 1. The Morgan fingerprint density at radius 2 is 1.59 bits per heavy atom. The molecule has 0 aromatic carbocycles. The van der Waals surface area contributed by atoms with Crippen molar-refractivity contribution in [3.63, 3.8) is 0 Å². The maximum absolute atomic E-state index is 12.8. The summed E-state index contributed by atoms with van der Waals surface area (Å²) in [6.45, 7) is 11.5. The van der Waals surface area contributed by atoms with Crippen molar-refractivity contribution in [1.82, 2.24) is 15.5 Å². The molecule has 0 saturated heterocycles. The number of nitrogens with one attached hydrogen (secondary N) is 2. The summed E-state index contributed by atoms with van der Waals surface area (Å²) in [4.78, 5) is 67.1. The second-order valence-corrected chi connectivity index (χ2v) is 9.96. The highest BCUT2D eigenvalue weighted by molar-refractivity contribution is 6.02. The van der Waals surface area contributed by atoms with Gasteiger partial charge in [0.05, 0.1) is 6.61 Å². The third-order valence-electron chi connectivity index (χ3n) is 4.51. The van der Waals surface area contributed by atoms with Crippen molar-refractivity contribution in [3.8, 4) is 0 Å². The van der Waals surface area contributed by atoms with Crippen LogP contribution in [0.1, 0.15) is 67.7 Å². The van der Waals surface area contributed by atoms with E-state index >= 15 is 0 Å². The number of hydrogen-bond acceptors (Lipinski definition) is 9. The van der Waals surface area contributed by atoms with Crippen LogP contribution in [0.2, 0.25) is 0 Å². The van der Waals surface area contributed by atoms with Crippen LogP contribution in [0, 0.1) is 0 Å². The Morgan fingerprint density at radius 3 is 1.94 bits per heavy atom. The molecule has 12 nitrogen and oxygen atoms in total. The van der Waals surface area contributed by atoms with Gasteiger partial charge in [-0.2, -0.15) is 0 Å². The fourth-order valence-corrected chi connectivity index (χ4v) is 3.42. The van der Waals surface area contributed by atoms with Crippen LogP contribution < -0.4 is 10.6 Å². The van der Waals surface area contributed by atoms with Gasteiger partial charge < -0.3 is 19.1 Å².